The van der Waals surface area contributed by atoms with Gasteiger partial charge in [0.15, 0.2) is 0 Å². The number of halogens is 1. The van der Waals surface area contributed by atoms with Crippen LogP contribution in [-0.4, -0.2) is 126 Å². The summed E-state index contributed by atoms with van der Waals surface area (Å²) in [6.07, 6.45) is 5.08. The van der Waals surface area contributed by atoms with E-state index in [9.17, 15) is 29.2 Å². The summed E-state index contributed by atoms with van der Waals surface area (Å²) in [6, 6.07) is 17.3. The van der Waals surface area contributed by atoms with E-state index < -0.39 is 29.7 Å². The molecule has 294 valence electrons. The number of hydrogen-bond acceptors (Lipinski definition) is 11. The Morgan fingerprint density at radius 1 is 0.895 bits per heavy atom. The standard InChI is InChI=1S/C42H44ClN9O5/c1-26-20-42(25-51(26)30-7-4-28(21-44)34(43)19-30)10-12-47(13-11-42)29-5-2-27(3-6-29)39(55)49-16-14-48(15-17-49)32-23-50(24-32)31-18-33-37(45-22-31)41(57)52(40(33)56)35-8-9-36(53)46-38(35)54/h2-7,18-19,22,26,32,35H,8-17,20,23-25H2,1H3,(H,46,53,54)/t26-,35?/m0/s1. The van der Waals surface area contributed by atoms with Crippen LogP contribution < -0.4 is 20.0 Å². The minimum absolute atomic E-state index is 0.0281. The van der Waals surface area contributed by atoms with E-state index in [0.29, 0.717) is 41.3 Å². The Morgan fingerprint density at radius 3 is 2.30 bits per heavy atom. The molecule has 7 heterocycles. The fourth-order valence-electron chi connectivity index (χ4n) is 9.73. The number of hydrogen-bond donors (Lipinski definition) is 1. The van der Waals surface area contributed by atoms with Gasteiger partial charge in [-0.1, -0.05) is 11.6 Å². The highest BCUT2D eigenvalue weighted by Gasteiger charge is 2.47. The van der Waals surface area contributed by atoms with E-state index in [2.05, 4.69) is 55.0 Å². The van der Waals surface area contributed by atoms with Gasteiger partial charge in [-0.25, -0.2) is 4.98 Å². The first-order valence-corrected chi connectivity index (χ1v) is 20.2. The zero-order valence-corrected chi connectivity index (χ0v) is 32.6. The maximum atomic E-state index is 13.5. The van der Waals surface area contributed by atoms with Gasteiger partial charge in [0.05, 0.1) is 28.0 Å². The number of nitrogens with zero attached hydrogens (tertiary/aromatic N) is 8. The van der Waals surface area contributed by atoms with Crippen molar-refractivity contribution >= 4 is 58.2 Å². The summed E-state index contributed by atoms with van der Waals surface area (Å²) in [5.74, 6) is -2.19. The van der Waals surface area contributed by atoms with E-state index >= 15 is 0 Å². The van der Waals surface area contributed by atoms with Gasteiger partial charge in [-0.05, 0) is 86.6 Å². The van der Waals surface area contributed by atoms with E-state index in [1.54, 1.807) is 12.3 Å². The number of nitriles is 1. The van der Waals surface area contributed by atoms with Gasteiger partial charge in [0.1, 0.15) is 17.8 Å². The summed E-state index contributed by atoms with van der Waals surface area (Å²) in [4.78, 5) is 80.4. The fraction of sp³-hybridized carbons (Fsp3) is 0.452. The zero-order valence-electron chi connectivity index (χ0n) is 31.8. The number of carbonyl (C=O) groups excluding carboxylic acids is 5. The van der Waals surface area contributed by atoms with Crippen molar-refractivity contribution in [2.24, 2.45) is 5.41 Å². The molecule has 14 nitrogen and oxygen atoms in total. The number of carbonyl (C=O) groups is 5. The van der Waals surface area contributed by atoms with Gasteiger partial charge in [0.2, 0.25) is 11.8 Å². The van der Waals surface area contributed by atoms with Gasteiger partial charge in [-0.3, -0.25) is 39.1 Å². The summed E-state index contributed by atoms with van der Waals surface area (Å²) in [5, 5.41) is 12.0. The van der Waals surface area contributed by atoms with Gasteiger partial charge < -0.3 is 19.6 Å². The molecule has 1 N–H and O–H groups in total. The molecule has 0 bridgehead atoms. The highest BCUT2D eigenvalue weighted by molar-refractivity contribution is 6.32. The van der Waals surface area contributed by atoms with E-state index in [0.717, 1.165) is 87.0 Å². The number of benzene rings is 2. The first-order valence-electron chi connectivity index (χ1n) is 19.8. The Kier molecular flexibility index (Phi) is 9.40. The quantitative estimate of drug-likeness (QED) is 0.365. The second kappa shape index (κ2) is 14.5. The van der Waals surface area contributed by atoms with Crippen molar-refractivity contribution in [3.8, 4) is 6.07 Å². The molecule has 1 unspecified atom stereocenters. The molecule has 2 aromatic carbocycles. The molecule has 5 fully saturated rings. The van der Waals surface area contributed by atoms with Crippen molar-refractivity contribution in [2.75, 3.05) is 73.6 Å². The Bertz CT molecular complexity index is 2200. The third-order valence-electron chi connectivity index (χ3n) is 13.1. The molecule has 5 amide bonds. The highest BCUT2D eigenvalue weighted by atomic mass is 35.5. The topological polar surface area (TPSA) is 154 Å². The molecule has 15 heteroatoms. The summed E-state index contributed by atoms with van der Waals surface area (Å²) in [5.41, 5.74) is 4.61. The van der Waals surface area contributed by atoms with Crippen LogP contribution in [0.2, 0.25) is 5.02 Å². The van der Waals surface area contributed by atoms with Crippen LogP contribution in [0.4, 0.5) is 17.1 Å². The Labute approximate surface area is 335 Å². The number of pyridine rings is 1. The van der Waals surface area contributed by atoms with Crippen LogP contribution in [0, 0.1) is 16.7 Å². The van der Waals surface area contributed by atoms with Gasteiger partial charge in [0.25, 0.3) is 17.7 Å². The summed E-state index contributed by atoms with van der Waals surface area (Å²) in [7, 11) is 0. The second-order valence-corrected chi connectivity index (χ2v) is 16.8. The lowest BCUT2D eigenvalue weighted by atomic mass is 9.76. The van der Waals surface area contributed by atoms with Crippen molar-refractivity contribution in [2.45, 2.75) is 57.2 Å². The van der Waals surface area contributed by atoms with Crippen LogP contribution in [0.15, 0.2) is 54.7 Å². The number of amides is 5. The zero-order chi connectivity index (χ0) is 39.6. The molecule has 1 aromatic heterocycles. The normalized spacial score (nSPS) is 23.8. The number of nitrogens with one attached hydrogen (secondary N) is 1. The third kappa shape index (κ3) is 6.66. The predicted octanol–water partition coefficient (Wildman–Crippen LogP) is 3.54. The van der Waals surface area contributed by atoms with Crippen molar-refractivity contribution in [1.82, 2.24) is 25.0 Å². The summed E-state index contributed by atoms with van der Waals surface area (Å²) in [6.45, 7) is 9.47. The molecule has 5 saturated heterocycles. The number of aromatic nitrogens is 1. The third-order valence-corrected chi connectivity index (χ3v) is 13.4. The van der Waals surface area contributed by atoms with E-state index in [4.69, 9.17) is 11.6 Å². The average molecular weight is 790 g/mol. The SMILES string of the molecule is C[C@H]1CC2(CCN(c3ccc(C(=O)N4CCN(C5CN(c6cnc7c(c6)C(=O)N(C6CCC(=O)NC6=O)C7=O)C5)CC4)cc3)CC2)CN1c1ccc(C#N)c(Cl)c1. The van der Waals surface area contributed by atoms with Crippen molar-refractivity contribution in [1.29, 1.82) is 5.26 Å². The fourth-order valence-corrected chi connectivity index (χ4v) is 9.95. The first kappa shape index (κ1) is 37.1. The first-order chi connectivity index (χ1) is 27.5. The number of piperidine rings is 2. The lowest BCUT2D eigenvalue weighted by molar-refractivity contribution is -0.136. The molecular weight excluding hydrogens is 746 g/mol. The maximum absolute atomic E-state index is 13.5. The number of fused-ring (bicyclic) bond motifs is 1. The van der Waals surface area contributed by atoms with Crippen LogP contribution >= 0.6 is 11.6 Å². The van der Waals surface area contributed by atoms with Crippen molar-refractivity contribution in [3.63, 3.8) is 0 Å². The van der Waals surface area contributed by atoms with Gasteiger partial charge >= 0.3 is 0 Å². The molecule has 1 spiro atoms. The average Bonchev–Trinajstić information content (AvgIpc) is 3.65. The van der Waals surface area contributed by atoms with Crippen LogP contribution in [0.1, 0.15) is 75.8 Å². The molecule has 3 aromatic rings. The highest BCUT2D eigenvalue weighted by Crippen LogP contribution is 2.46. The van der Waals surface area contributed by atoms with Crippen LogP contribution in [0.3, 0.4) is 0 Å². The van der Waals surface area contributed by atoms with Crippen LogP contribution in [-0.2, 0) is 9.59 Å². The summed E-state index contributed by atoms with van der Waals surface area (Å²) < 4.78 is 0. The lowest BCUT2D eigenvalue weighted by Crippen LogP contribution is -2.63. The molecule has 6 aliphatic heterocycles. The maximum Gasteiger partial charge on any atom is 0.280 e. The molecule has 6 aliphatic rings. The minimum Gasteiger partial charge on any atom is -0.371 e. The van der Waals surface area contributed by atoms with Crippen molar-refractivity contribution < 1.29 is 24.0 Å². The molecule has 57 heavy (non-hydrogen) atoms. The number of piperazine rings is 1. The molecule has 0 aliphatic carbocycles. The number of anilines is 3. The molecular formula is C42H44ClN9O5. The van der Waals surface area contributed by atoms with Gasteiger partial charge in [-0.2, -0.15) is 5.26 Å². The minimum atomic E-state index is -1.02. The van der Waals surface area contributed by atoms with Gasteiger partial charge in [0, 0.05) is 94.3 Å². The van der Waals surface area contributed by atoms with E-state index in [-0.39, 0.29) is 35.4 Å². The molecule has 2 atom stereocenters. The monoisotopic (exact) mass is 789 g/mol. The summed E-state index contributed by atoms with van der Waals surface area (Å²) >= 11 is 6.37. The molecule has 0 saturated carbocycles. The number of imide groups is 2. The van der Waals surface area contributed by atoms with Crippen LogP contribution in [0.5, 0.6) is 0 Å². The Balaban J connectivity index is 0.741. The second-order valence-electron chi connectivity index (χ2n) is 16.4. The Morgan fingerprint density at radius 2 is 1.61 bits per heavy atom. The van der Waals surface area contributed by atoms with Gasteiger partial charge in [-0.15, -0.1) is 0 Å². The van der Waals surface area contributed by atoms with Crippen molar-refractivity contribution in [3.05, 3.63) is 82.1 Å². The van der Waals surface area contributed by atoms with Crippen LogP contribution in [0.25, 0.3) is 0 Å². The lowest BCUT2D eigenvalue weighted by Gasteiger charge is -2.49. The van der Waals surface area contributed by atoms with E-state index in [1.807, 2.05) is 35.2 Å². The molecule has 9 rings (SSSR count). The predicted molar refractivity (Wildman–Crippen MR) is 212 cm³/mol. The largest absolute Gasteiger partial charge is 0.371 e. The molecule has 0 radical (unpaired) electrons. The smallest absolute Gasteiger partial charge is 0.280 e. The Hall–Kier alpha value is -5.52. The number of rotatable bonds is 6. The van der Waals surface area contributed by atoms with E-state index in [1.165, 1.54) is 0 Å².